The Kier molecular flexibility index (Phi) is 5.71. The molecule has 120 valence electrons. The highest BCUT2D eigenvalue weighted by Gasteiger charge is 2.14. The van der Waals surface area contributed by atoms with Crippen molar-refractivity contribution in [3.8, 4) is 0 Å². The zero-order valence-corrected chi connectivity index (χ0v) is 13.3. The first-order valence-corrected chi connectivity index (χ1v) is 7.35. The first-order valence-electron chi connectivity index (χ1n) is 6.98. The molecule has 23 heavy (non-hydrogen) atoms. The summed E-state index contributed by atoms with van der Waals surface area (Å²) in [5.41, 5.74) is 1.13. The summed E-state index contributed by atoms with van der Waals surface area (Å²) in [6.45, 7) is -0.0966. The normalized spacial score (nSPS) is 10.2. The molecule has 1 N–H and O–H groups in total. The van der Waals surface area contributed by atoms with Crippen LogP contribution < -0.4 is 5.32 Å². The lowest BCUT2D eigenvalue weighted by atomic mass is 10.1. The Labute approximate surface area is 138 Å². The second-order valence-corrected chi connectivity index (χ2v) is 5.55. The molecule has 2 aromatic carbocycles. The molecule has 4 nitrogen and oxygen atoms in total. The van der Waals surface area contributed by atoms with Crippen LogP contribution in [0.1, 0.15) is 5.56 Å². The number of benzene rings is 2. The molecule has 0 aliphatic rings. The van der Waals surface area contributed by atoms with Gasteiger partial charge in [0.15, 0.2) is 0 Å². The molecule has 0 saturated carbocycles. The number of hydrogen-bond acceptors (Lipinski definition) is 2. The van der Waals surface area contributed by atoms with E-state index < -0.39 is 5.82 Å². The Bertz CT molecular complexity index is 721. The second kappa shape index (κ2) is 7.74. The van der Waals surface area contributed by atoms with Gasteiger partial charge in [0.05, 0.1) is 13.0 Å². The zero-order valence-electron chi connectivity index (χ0n) is 12.6. The Morgan fingerprint density at radius 2 is 1.91 bits per heavy atom. The molecular weight excluding hydrogens is 319 g/mol. The van der Waals surface area contributed by atoms with Crippen LogP contribution in [0.4, 0.5) is 10.1 Å². The van der Waals surface area contributed by atoms with Gasteiger partial charge in [-0.1, -0.05) is 29.8 Å². The minimum absolute atomic E-state index is 0.0404. The van der Waals surface area contributed by atoms with E-state index in [-0.39, 0.29) is 24.8 Å². The molecule has 0 aliphatic heterocycles. The molecule has 0 fully saturated rings. The van der Waals surface area contributed by atoms with Crippen LogP contribution in [0.15, 0.2) is 48.5 Å². The number of amides is 2. The molecule has 0 unspecified atom stereocenters. The van der Waals surface area contributed by atoms with Crippen molar-refractivity contribution in [1.29, 1.82) is 0 Å². The van der Waals surface area contributed by atoms with Gasteiger partial charge < -0.3 is 10.2 Å². The van der Waals surface area contributed by atoms with Crippen molar-refractivity contribution in [1.82, 2.24) is 4.90 Å². The van der Waals surface area contributed by atoms with Crippen molar-refractivity contribution in [2.45, 2.75) is 6.42 Å². The molecule has 0 bridgehead atoms. The fourth-order valence-electron chi connectivity index (χ4n) is 2.03. The highest BCUT2D eigenvalue weighted by Crippen LogP contribution is 2.14. The van der Waals surface area contributed by atoms with Gasteiger partial charge in [0, 0.05) is 17.8 Å². The fourth-order valence-corrected chi connectivity index (χ4v) is 2.22. The SMILES string of the molecule is CN(CC(=O)Nc1cccc(Cl)c1)C(=O)Cc1cccc(F)c1. The molecule has 0 aromatic heterocycles. The third-order valence-corrected chi connectivity index (χ3v) is 3.39. The van der Waals surface area contributed by atoms with Crippen molar-refractivity contribution in [2.24, 2.45) is 0 Å². The first-order chi connectivity index (χ1) is 10.9. The highest BCUT2D eigenvalue weighted by molar-refractivity contribution is 6.30. The monoisotopic (exact) mass is 334 g/mol. The molecule has 2 amide bonds. The summed E-state index contributed by atoms with van der Waals surface area (Å²) in [7, 11) is 1.53. The summed E-state index contributed by atoms with van der Waals surface area (Å²) in [5, 5.41) is 3.18. The lowest BCUT2D eigenvalue weighted by molar-refractivity contribution is -0.132. The van der Waals surface area contributed by atoms with Crippen LogP contribution in [0.3, 0.4) is 0 Å². The Morgan fingerprint density at radius 1 is 1.17 bits per heavy atom. The van der Waals surface area contributed by atoms with Crippen LogP contribution >= 0.6 is 11.6 Å². The molecule has 6 heteroatoms. The summed E-state index contributed by atoms with van der Waals surface area (Å²) in [6, 6.07) is 12.6. The van der Waals surface area contributed by atoms with Crippen LogP contribution in [0.25, 0.3) is 0 Å². The summed E-state index contributed by atoms with van der Waals surface area (Å²) < 4.78 is 13.1. The first kappa shape index (κ1) is 17.0. The Balaban J connectivity index is 1.89. The highest BCUT2D eigenvalue weighted by atomic mass is 35.5. The summed E-state index contributed by atoms with van der Waals surface area (Å²) in [5.74, 6) is -0.990. The number of carbonyl (C=O) groups is 2. The van der Waals surface area contributed by atoms with Crippen molar-refractivity contribution in [3.05, 3.63) is 64.9 Å². The average molecular weight is 335 g/mol. The Hall–Kier alpha value is -2.40. The van der Waals surface area contributed by atoms with E-state index in [4.69, 9.17) is 11.6 Å². The van der Waals surface area contributed by atoms with Gasteiger partial charge in [-0.15, -0.1) is 0 Å². The van der Waals surface area contributed by atoms with Crippen molar-refractivity contribution >= 4 is 29.1 Å². The van der Waals surface area contributed by atoms with Crippen LogP contribution in [0.2, 0.25) is 5.02 Å². The molecule has 2 aromatic rings. The van der Waals surface area contributed by atoms with E-state index in [9.17, 15) is 14.0 Å². The smallest absolute Gasteiger partial charge is 0.243 e. The van der Waals surface area contributed by atoms with Gasteiger partial charge >= 0.3 is 0 Å². The molecule has 0 radical (unpaired) electrons. The van der Waals surface area contributed by atoms with Crippen molar-refractivity contribution in [2.75, 3.05) is 18.9 Å². The van der Waals surface area contributed by atoms with Gasteiger partial charge in [-0.25, -0.2) is 4.39 Å². The summed E-state index contributed by atoms with van der Waals surface area (Å²) in [4.78, 5) is 25.3. The predicted molar refractivity (Wildman–Crippen MR) is 87.8 cm³/mol. The van der Waals surface area contributed by atoms with Crippen molar-refractivity contribution in [3.63, 3.8) is 0 Å². The minimum atomic E-state index is -0.392. The number of anilines is 1. The number of halogens is 2. The maximum absolute atomic E-state index is 13.1. The molecule has 0 heterocycles. The van der Waals surface area contributed by atoms with E-state index in [2.05, 4.69) is 5.32 Å². The van der Waals surface area contributed by atoms with Crippen LogP contribution in [-0.2, 0) is 16.0 Å². The van der Waals surface area contributed by atoms with E-state index in [1.165, 1.54) is 24.1 Å². The predicted octanol–water partition coefficient (Wildman–Crippen LogP) is 3.12. The van der Waals surface area contributed by atoms with Crippen LogP contribution in [0.5, 0.6) is 0 Å². The van der Waals surface area contributed by atoms with Gasteiger partial charge in [0.25, 0.3) is 0 Å². The van der Waals surface area contributed by atoms with Gasteiger partial charge in [0.1, 0.15) is 5.82 Å². The molecular formula is C17H16ClFN2O2. The lowest BCUT2D eigenvalue weighted by Crippen LogP contribution is -2.35. The third kappa shape index (κ3) is 5.38. The number of nitrogens with zero attached hydrogens (tertiary/aromatic N) is 1. The summed E-state index contributed by atoms with van der Waals surface area (Å²) in [6.07, 6.45) is 0.0404. The van der Waals surface area contributed by atoms with E-state index in [0.717, 1.165) is 0 Å². The second-order valence-electron chi connectivity index (χ2n) is 5.12. The Morgan fingerprint density at radius 3 is 2.61 bits per heavy atom. The molecule has 0 aliphatic carbocycles. The quantitative estimate of drug-likeness (QED) is 0.913. The van der Waals surface area contributed by atoms with Gasteiger partial charge in [-0.3, -0.25) is 9.59 Å². The van der Waals surface area contributed by atoms with Crippen LogP contribution in [-0.4, -0.2) is 30.3 Å². The van der Waals surface area contributed by atoms with E-state index >= 15 is 0 Å². The van der Waals surface area contributed by atoms with Gasteiger partial charge in [0.2, 0.25) is 11.8 Å². The largest absolute Gasteiger partial charge is 0.336 e. The molecule has 0 spiro atoms. The van der Waals surface area contributed by atoms with Gasteiger partial charge in [-0.2, -0.15) is 0 Å². The summed E-state index contributed by atoms with van der Waals surface area (Å²) >= 11 is 5.84. The van der Waals surface area contributed by atoms with E-state index in [0.29, 0.717) is 16.3 Å². The van der Waals surface area contributed by atoms with Crippen molar-refractivity contribution < 1.29 is 14.0 Å². The molecule has 0 saturated heterocycles. The maximum Gasteiger partial charge on any atom is 0.243 e. The third-order valence-electron chi connectivity index (χ3n) is 3.16. The standard InChI is InChI=1S/C17H16ClFN2O2/c1-21(17(23)9-12-4-2-6-14(19)8-12)11-16(22)20-15-7-3-5-13(18)10-15/h2-8,10H,9,11H2,1H3,(H,20,22). The number of rotatable bonds is 5. The number of hydrogen-bond donors (Lipinski definition) is 1. The average Bonchev–Trinajstić information content (AvgIpc) is 2.47. The van der Waals surface area contributed by atoms with Gasteiger partial charge in [-0.05, 0) is 35.9 Å². The number of likely N-dealkylation sites (N-methyl/N-ethyl adjacent to an activating group) is 1. The lowest BCUT2D eigenvalue weighted by Gasteiger charge is -2.17. The molecule has 2 rings (SSSR count). The fraction of sp³-hybridized carbons (Fsp3) is 0.176. The van der Waals surface area contributed by atoms with E-state index in [1.807, 2.05) is 0 Å². The zero-order chi connectivity index (χ0) is 16.8. The topological polar surface area (TPSA) is 49.4 Å². The molecule has 0 atom stereocenters. The van der Waals surface area contributed by atoms with E-state index in [1.54, 1.807) is 36.4 Å². The van der Waals surface area contributed by atoms with Crippen LogP contribution in [0, 0.1) is 5.82 Å². The maximum atomic E-state index is 13.1. The minimum Gasteiger partial charge on any atom is -0.336 e. The number of nitrogens with one attached hydrogen (secondary N) is 1. The number of carbonyl (C=O) groups excluding carboxylic acids is 2.